The number of aldehydes is 1. The van der Waals surface area contributed by atoms with Crippen molar-refractivity contribution >= 4 is 30.1 Å². The number of hydrogen-bond donors (Lipinski definition) is 3. The number of carbonyl (C=O) groups is 5. The Kier molecular flexibility index (Phi) is 9.18. The van der Waals surface area contributed by atoms with Crippen LogP contribution in [0.3, 0.4) is 0 Å². The fraction of sp³-hybridized carbons (Fsp3) is 0.656. The molecule has 2 heterocycles. The van der Waals surface area contributed by atoms with Crippen molar-refractivity contribution in [1.29, 1.82) is 0 Å². The van der Waals surface area contributed by atoms with Crippen LogP contribution in [-0.4, -0.2) is 66.2 Å². The van der Waals surface area contributed by atoms with Crippen molar-refractivity contribution in [2.75, 3.05) is 13.1 Å². The van der Waals surface area contributed by atoms with Crippen molar-refractivity contribution in [3.63, 3.8) is 0 Å². The quantitative estimate of drug-likeness (QED) is 0.345. The Morgan fingerprint density at radius 1 is 1.07 bits per heavy atom. The fourth-order valence-electron chi connectivity index (χ4n) is 7.49. The number of carbonyl (C=O) groups excluding carboxylic acids is 5. The minimum Gasteiger partial charge on any atom is -0.445 e. The number of ether oxygens (including phenoxy) is 1. The molecule has 3 N–H and O–H groups in total. The SMILES string of the molecule is CC1(C)[C@@H]2[C@@H](C(=O)N[C@H](C=O)C[C@@H]3CCNC3=O)N(C(=O)[C@H](CC3CCCCC3)NC(=O)OCc3ccccc3)C[C@@H]21. The van der Waals surface area contributed by atoms with E-state index in [0.717, 1.165) is 31.2 Å². The normalized spacial score (nSPS) is 27.8. The van der Waals surface area contributed by atoms with Crippen LogP contribution in [0.25, 0.3) is 0 Å². The lowest BCUT2D eigenvalue weighted by atomic mass is 9.84. The predicted molar refractivity (Wildman–Crippen MR) is 155 cm³/mol. The van der Waals surface area contributed by atoms with E-state index in [0.29, 0.717) is 38.1 Å². The van der Waals surface area contributed by atoms with Gasteiger partial charge in [-0.25, -0.2) is 4.79 Å². The average Bonchev–Trinajstić information content (AvgIpc) is 3.32. The summed E-state index contributed by atoms with van der Waals surface area (Å²) < 4.78 is 5.47. The standard InChI is InChI=1S/C32H44N4O6/c1-32(2)24-17-36(27(26(24)32)29(39)34-23(18-37)16-22-13-14-33-28(22)38)30(40)25(15-20-9-5-3-6-10-20)35-31(41)42-19-21-11-7-4-8-12-21/h4,7-8,11-12,18,20,22-27H,3,5-6,9-10,13-17,19H2,1-2H3,(H,33,38)(H,34,39)(H,35,41)/t22-,23-,24-,25-,26-,27-/m0/s1. The number of benzene rings is 1. The average molecular weight is 581 g/mol. The highest BCUT2D eigenvalue weighted by Crippen LogP contribution is 2.65. The van der Waals surface area contributed by atoms with Gasteiger partial charge in [0.15, 0.2) is 0 Å². The Morgan fingerprint density at radius 3 is 2.48 bits per heavy atom. The van der Waals surface area contributed by atoms with Gasteiger partial charge in [-0.1, -0.05) is 76.3 Å². The first-order valence-corrected chi connectivity index (χ1v) is 15.5. The highest BCUT2D eigenvalue weighted by atomic mass is 16.5. The monoisotopic (exact) mass is 580 g/mol. The Morgan fingerprint density at radius 2 is 1.81 bits per heavy atom. The number of nitrogens with one attached hydrogen (secondary N) is 3. The third-order valence-electron chi connectivity index (χ3n) is 10.1. The molecule has 228 valence electrons. The summed E-state index contributed by atoms with van der Waals surface area (Å²) in [6, 6.07) is 7.00. The molecule has 0 unspecified atom stereocenters. The summed E-state index contributed by atoms with van der Waals surface area (Å²) in [5.74, 6) is -0.652. The minimum atomic E-state index is -0.812. The van der Waals surface area contributed by atoms with Gasteiger partial charge in [0, 0.05) is 19.0 Å². The van der Waals surface area contributed by atoms with Gasteiger partial charge in [0.05, 0.1) is 6.04 Å². The van der Waals surface area contributed by atoms with Crippen LogP contribution < -0.4 is 16.0 Å². The van der Waals surface area contributed by atoms with E-state index in [1.165, 1.54) is 6.42 Å². The smallest absolute Gasteiger partial charge is 0.408 e. The van der Waals surface area contributed by atoms with Gasteiger partial charge < -0.3 is 30.4 Å². The molecule has 5 rings (SSSR count). The van der Waals surface area contributed by atoms with Gasteiger partial charge in [0.25, 0.3) is 0 Å². The molecule has 4 aliphatic rings. The number of alkyl carbamates (subject to hydrolysis) is 1. The van der Waals surface area contributed by atoms with Crippen molar-refractivity contribution < 1.29 is 28.7 Å². The third kappa shape index (κ3) is 6.63. The summed E-state index contributed by atoms with van der Waals surface area (Å²) in [5.41, 5.74) is 0.739. The van der Waals surface area contributed by atoms with E-state index in [1.54, 1.807) is 4.90 Å². The first-order chi connectivity index (χ1) is 20.2. The summed E-state index contributed by atoms with van der Waals surface area (Å²) in [7, 11) is 0. The van der Waals surface area contributed by atoms with Crippen LogP contribution in [0.4, 0.5) is 4.79 Å². The number of likely N-dealkylation sites (tertiary alicyclic amines) is 1. The maximum Gasteiger partial charge on any atom is 0.408 e. The molecule has 4 fully saturated rings. The number of rotatable bonds is 11. The second kappa shape index (κ2) is 12.8. The van der Waals surface area contributed by atoms with Gasteiger partial charge in [0.1, 0.15) is 25.0 Å². The van der Waals surface area contributed by atoms with Crippen molar-refractivity contribution in [3.8, 4) is 0 Å². The number of piperidine rings is 1. The lowest BCUT2D eigenvalue weighted by molar-refractivity contribution is -0.142. The Balaban J connectivity index is 1.29. The van der Waals surface area contributed by atoms with E-state index in [9.17, 15) is 24.0 Å². The number of amides is 4. The molecule has 2 aliphatic carbocycles. The van der Waals surface area contributed by atoms with E-state index in [4.69, 9.17) is 4.74 Å². The van der Waals surface area contributed by atoms with Gasteiger partial charge in [-0.15, -0.1) is 0 Å². The third-order valence-corrected chi connectivity index (χ3v) is 10.1. The van der Waals surface area contributed by atoms with E-state index in [2.05, 4.69) is 29.8 Å². The van der Waals surface area contributed by atoms with Gasteiger partial charge in [-0.05, 0) is 48.0 Å². The molecule has 2 aliphatic heterocycles. The van der Waals surface area contributed by atoms with Crippen LogP contribution in [0.1, 0.15) is 70.8 Å². The zero-order chi connectivity index (χ0) is 29.9. The van der Waals surface area contributed by atoms with Gasteiger partial charge in [-0.2, -0.15) is 0 Å². The molecule has 1 aromatic carbocycles. The number of fused-ring (bicyclic) bond motifs is 1. The molecule has 0 aromatic heterocycles. The van der Waals surface area contributed by atoms with Crippen LogP contribution >= 0.6 is 0 Å². The zero-order valence-electron chi connectivity index (χ0n) is 24.7. The molecule has 6 atom stereocenters. The zero-order valence-corrected chi connectivity index (χ0v) is 24.7. The summed E-state index contributed by atoms with van der Waals surface area (Å²) in [4.78, 5) is 66.4. The highest BCUT2D eigenvalue weighted by Gasteiger charge is 2.69. The maximum absolute atomic E-state index is 14.2. The van der Waals surface area contributed by atoms with E-state index >= 15 is 0 Å². The number of hydrogen-bond acceptors (Lipinski definition) is 6. The van der Waals surface area contributed by atoms with Crippen LogP contribution in [0.2, 0.25) is 0 Å². The van der Waals surface area contributed by atoms with Crippen molar-refractivity contribution in [2.24, 2.45) is 29.1 Å². The van der Waals surface area contributed by atoms with Crippen molar-refractivity contribution in [2.45, 2.75) is 89.9 Å². The molecule has 1 aromatic rings. The highest BCUT2D eigenvalue weighted by molar-refractivity contribution is 5.94. The van der Waals surface area contributed by atoms with E-state index < -0.39 is 24.2 Å². The molecule has 0 spiro atoms. The largest absolute Gasteiger partial charge is 0.445 e. The molecular weight excluding hydrogens is 536 g/mol. The summed E-state index contributed by atoms with van der Waals surface area (Å²) >= 11 is 0. The van der Waals surface area contributed by atoms with Gasteiger partial charge >= 0.3 is 6.09 Å². The molecule has 0 radical (unpaired) electrons. The summed E-state index contributed by atoms with van der Waals surface area (Å²) in [5, 5.41) is 8.45. The molecule has 42 heavy (non-hydrogen) atoms. The molecule has 10 nitrogen and oxygen atoms in total. The van der Waals surface area contributed by atoms with E-state index in [-0.39, 0.29) is 53.9 Å². The second-order valence-corrected chi connectivity index (χ2v) is 13.2. The summed E-state index contributed by atoms with van der Waals surface area (Å²) in [6.45, 7) is 5.28. The van der Waals surface area contributed by atoms with Gasteiger partial charge in [0.2, 0.25) is 17.7 Å². The second-order valence-electron chi connectivity index (χ2n) is 13.2. The van der Waals surface area contributed by atoms with Gasteiger partial charge in [-0.3, -0.25) is 14.4 Å². The van der Waals surface area contributed by atoms with Crippen molar-refractivity contribution in [3.05, 3.63) is 35.9 Å². The first-order valence-electron chi connectivity index (χ1n) is 15.5. The van der Waals surface area contributed by atoms with Crippen LogP contribution in [0.15, 0.2) is 30.3 Å². The lowest BCUT2D eigenvalue weighted by Gasteiger charge is -2.35. The maximum atomic E-state index is 14.2. The Labute approximate surface area is 247 Å². The first kappa shape index (κ1) is 30.0. The molecule has 0 bridgehead atoms. The van der Waals surface area contributed by atoms with Crippen LogP contribution in [-0.2, 0) is 30.5 Å². The molecular formula is C32H44N4O6. The fourth-order valence-corrected chi connectivity index (χ4v) is 7.49. The minimum absolute atomic E-state index is 0.0381. The molecule has 2 saturated carbocycles. The lowest BCUT2D eigenvalue weighted by Crippen LogP contribution is -2.57. The molecule has 10 heteroatoms. The molecule has 4 amide bonds. The number of nitrogens with zero attached hydrogens (tertiary/aromatic N) is 1. The van der Waals surface area contributed by atoms with E-state index in [1.807, 2.05) is 30.3 Å². The van der Waals surface area contributed by atoms with Crippen LogP contribution in [0.5, 0.6) is 0 Å². The van der Waals surface area contributed by atoms with Crippen molar-refractivity contribution in [1.82, 2.24) is 20.9 Å². The molecule has 2 saturated heterocycles. The van der Waals surface area contributed by atoms with Crippen LogP contribution in [0, 0.1) is 29.1 Å². The Hall–Kier alpha value is -3.43. The summed E-state index contributed by atoms with van der Waals surface area (Å²) in [6.07, 6.45) is 6.76. The topological polar surface area (TPSA) is 134 Å². The Bertz CT molecular complexity index is 1170. The predicted octanol–water partition coefficient (Wildman–Crippen LogP) is 2.94.